The largest absolute Gasteiger partial charge is 0.352 e. The SMILES string of the molecule is CC(=O)Nc1nc(CCc2ccc(CCNC(N)=O)cc2)cs1. The molecule has 0 saturated carbocycles. The second kappa shape index (κ2) is 8.28. The third-order valence-corrected chi connectivity index (χ3v) is 4.05. The van der Waals surface area contributed by atoms with Gasteiger partial charge < -0.3 is 16.4 Å². The Kier molecular flexibility index (Phi) is 6.10. The van der Waals surface area contributed by atoms with E-state index in [0.29, 0.717) is 11.7 Å². The third kappa shape index (κ3) is 6.07. The van der Waals surface area contributed by atoms with Crippen LogP contribution in [0.25, 0.3) is 0 Å². The number of carbonyl (C=O) groups excluding carboxylic acids is 2. The summed E-state index contributed by atoms with van der Waals surface area (Å²) in [5.41, 5.74) is 8.39. The first-order valence-electron chi connectivity index (χ1n) is 7.36. The molecule has 0 aliphatic carbocycles. The van der Waals surface area contributed by atoms with Crippen molar-refractivity contribution in [3.05, 3.63) is 46.5 Å². The molecule has 0 radical (unpaired) electrons. The summed E-state index contributed by atoms with van der Waals surface area (Å²) in [5.74, 6) is -0.104. The minimum Gasteiger partial charge on any atom is -0.352 e. The monoisotopic (exact) mass is 332 g/mol. The lowest BCUT2D eigenvalue weighted by molar-refractivity contribution is -0.114. The number of nitrogens with one attached hydrogen (secondary N) is 2. The van der Waals surface area contributed by atoms with Crippen LogP contribution < -0.4 is 16.4 Å². The van der Waals surface area contributed by atoms with E-state index in [1.807, 2.05) is 5.38 Å². The fraction of sp³-hybridized carbons (Fsp3) is 0.312. The van der Waals surface area contributed by atoms with Gasteiger partial charge in [0.25, 0.3) is 0 Å². The second-order valence-electron chi connectivity index (χ2n) is 5.18. The Bertz CT molecular complexity index is 667. The number of nitrogens with zero attached hydrogens (tertiary/aromatic N) is 1. The van der Waals surface area contributed by atoms with Crippen LogP contribution in [-0.2, 0) is 24.1 Å². The first-order valence-corrected chi connectivity index (χ1v) is 8.24. The number of urea groups is 1. The van der Waals surface area contributed by atoms with Gasteiger partial charge in [-0.25, -0.2) is 9.78 Å². The molecule has 122 valence electrons. The fourth-order valence-electron chi connectivity index (χ4n) is 2.10. The van der Waals surface area contributed by atoms with Crippen LogP contribution in [0.2, 0.25) is 0 Å². The van der Waals surface area contributed by atoms with Gasteiger partial charge in [0.05, 0.1) is 5.69 Å². The van der Waals surface area contributed by atoms with Crippen LogP contribution in [0, 0.1) is 0 Å². The molecular weight excluding hydrogens is 312 g/mol. The summed E-state index contributed by atoms with van der Waals surface area (Å²) in [6.07, 6.45) is 2.48. The molecule has 23 heavy (non-hydrogen) atoms. The molecule has 2 aromatic rings. The summed E-state index contributed by atoms with van der Waals surface area (Å²) >= 11 is 1.44. The van der Waals surface area contributed by atoms with Crippen LogP contribution in [0.4, 0.5) is 9.93 Å². The Morgan fingerprint density at radius 1 is 1.13 bits per heavy atom. The summed E-state index contributed by atoms with van der Waals surface area (Å²) in [4.78, 5) is 26.0. The summed E-state index contributed by atoms with van der Waals surface area (Å²) in [6, 6.07) is 7.79. The molecule has 0 spiro atoms. The highest BCUT2D eigenvalue weighted by atomic mass is 32.1. The summed E-state index contributed by atoms with van der Waals surface area (Å²) in [7, 11) is 0. The van der Waals surface area contributed by atoms with Gasteiger partial charge in [0, 0.05) is 18.8 Å². The van der Waals surface area contributed by atoms with Crippen LogP contribution in [-0.4, -0.2) is 23.5 Å². The first-order chi connectivity index (χ1) is 11.0. The van der Waals surface area contributed by atoms with Crippen molar-refractivity contribution in [3.8, 4) is 0 Å². The number of primary amides is 1. The smallest absolute Gasteiger partial charge is 0.312 e. The topological polar surface area (TPSA) is 97.1 Å². The van der Waals surface area contributed by atoms with E-state index in [0.717, 1.165) is 30.5 Å². The number of carbonyl (C=O) groups is 2. The first kappa shape index (κ1) is 17.0. The number of nitrogens with two attached hydrogens (primary N) is 1. The van der Waals surface area contributed by atoms with Gasteiger partial charge in [-0.3, -0.25) is 4.79 Å². The number of hydrogen-bond acceptors (Lipinski definition) is 4. The van der Waals surface area contributed by atoms with E-state index in [1.165, 1.54) is 23.8 Å². The summed E-state index contributed by atoms with van der Waals surface area (Å²) in [5, 5.41) is 7.87. The number of thiazole rings is 1. The Balaban J connectivity index is 1.80. The highest BCUT2D eigenvalue weighted by molar-refractivity contribution is 7.13. The lowest BCUT2D eigenvalue weighted by Crippen LogP contribution is -2.30. The number of aromatic nitrogens is 1. The minimum absolute atomic E-state index is 0.104. The van der Waals surface area contributed by atoms with E-state index in [-0.39, 0.29) is 5.91 Å². The molecule has 0 bridgehead atoms. The minimum atomic E-state index is -0.497. The molecular formula is C16H20N4O2S. The molecule has 0 aliphatic heterocycles. The predicted molar refractivity (Wildman–Crippen MR) is 91.6 cm³/mol. The average Bonchev–Trinajstić information content (AvgIpc) is 2.93. The Labute approximate surface area is 139 Å². The number of rotatable bonds is 7. The van der Waals surface area contributed by atoms with Crippen LogP contribution in [0.1, 0.15) is 23.7 Å². The van der Waals surface area contributed by atoms with Gasteiger partial charge in [0.15, 0.2) is 5.13 Å². The van der Waals surface area contributed by atoms with E-state index in [4.69, 9.17) is 5.73 Å². The van der Waals surface area contributed by atoms with Gasteiger partial charge in [0.1, 0.15) is 0 Å². The van der Waals surface area contributed by atoms with Crippen LogP contribution in [0.5, 0.6) is 0 Å². The summed E-state index contributed by atoms with van der Waals surface area (Å²) in [6.45, 7) is 2.01. The quantitative estimate of drug-likeness (QED) is 0.724. The average molecular weight is 332 g/mol. The lowest BCUT2D eigenvalue weighted by Gasteiger charge is -2.04. The van der Waals surface area contributed by atoms with Crippen molar-refractivity contribution >= 4 is 28.4 Å². The molecule has 1 heterocycles. The number of amides is 3. The van der Waals surface area contributed by atoms with Gasteiger partial charge in [0.2, 0.25) is 5.91 Å². The predicted octanol–water partition coefficient (Wildman–Crippen LogP) is 2.10. The van der Waals surface area contributed by atoms with Crippen LogP contribution in [0.15, 0.2) is 29.6 Å². The highest BCUT2D eigenvalue weighted by Crippen LogP contribution is 2.17. The highest BCUT2D eigenvalue weighted by Gasteiger charge is 2.04. The van der Waals surface area contributed by atoms with E-state index in [1.54, 1.807) is 0 Å². The van der Waals surface area contributed by atoms with E-state index in [2.05, 4.69) is 39.9 Å². The van der Waals surface area contributed by atoms with Crippen molar-refractivity contribution in [2.24, 2.45) is 5.73 Å². The number of hydrogen-bond donors (Lipinski definition) is 3. The maximum Gasteiger partial charge on any atom is 0.312 e. The molecule has 7 heteroatoms. The standard InChI is InChI=1S/C16H20N4O2S/c1-11(21)19-16-20-14(10-23-16)7-6-12-2-4-13(5-3-12)8-9-18-15(17)22/h2-5,10H,6-9H2,1H3,(H3,17,18,22)(H,19,20,21). The maximum absolute atomic E-state index is 11.0. The zero-order valence-corrected chi connectivity index (χ0v) is 13.8. The van der Waals surface area contributed by atoms with E-state index in [9.17, 15) is 9.59 Å². The van der Waals surface area contributed by atoms with Crippen LogP contribution in [0.3, 0.4) is 0 Å². The zero-order chi connectivity index (χ0) is 16.7. The van der Waals surface area contributed by atoms with Gasteiger partial charge >= 0.3 is 6.03 Å². The maximum atomic E-state index is 11.0. The number of benzene rings is 1. The van der Waals surface area contributed by atoms with E-state index < -0.39 is 6.03 Å². The molecule has 4 N–H and O–H groups in total. The van der Waals surface area contributed by atoms with Crippen molar-refractivity contribution in [2.75, 3.05) is 11.9 Å². The molecule has 0 atom stereocenters. The third-order valence-electron chi connectivity index (χ3n) is 3.24. The Morgan fingerprint density at radius 2 is 1.78 bits per heavy atom. The molecule has 2 rings (SSSR count). The summed E-state index contributed by atoms with van der Waals surface area (Å²) < 4.78 is 0. The van der Waals surface area contributed by atoms with Gasteiger partial charge in [-0.15, -0.1) is 11.3 Å². The van der Waals surface area contributed by atoms with Gasteiger partial charge in [-0.1, -0.05) is 24.3 Å². The fourth-order valence-corrected chi connectivity index (χ4v) is 2.90. The van der Waals surface area contributed by atoms with Crippen molar-refractivity contribution in [1.82, 2.24) is 10.3 Å². The lowest BCUT2D eigenvalue weighted by atomic mass is 10.0. The number of anilines is 1. The van der Waals surface area contributed by atoms with Gasteiger partial charge in [-0.2, -0.15) is 0 Å². The van der Waals surface area contributed by atoms with Crippen LogP contribution >= 0.6 is 11.3 Å². The van der Waals surface area contributed by atoms with Crippen molar-refractivity contribution in [3.63, 3.8) is 0 Å². The molecule has 3 amide bonds. The second-order valence-corrected chi connectivity index (χ2v) is 6.04. The number of aryl methyl sites for hydroxylation is 2. The van der Waals surface area contributed by atoms with Crippen molar-refractivity contribution in [2.45, 2.75) is 26.2 Å². The Hall–Kier alpha value is -2.41. The molecule has 1 aromatic heterocycles. The van der Waals surface area contributed by atoms with E-state index >= 15 is 0 Å². The molecule has 0 fully saturated rings. The molecule has 0 unspecified atom stereocenters. The van der Waals surface area contributed by atoms with Crippen molar-refractivity contribution < 1.29 is 9.59 Å². The zero-order valence-electron chi connectivity index (χ0n) is 13.0. The Morgan fingerprint density at radius 3 is 2.39 bits per heavy atom. The molecule has 1 aromatic carbocycles. The molecule has 0 saturated heterocycles. The van der Waals surface area contributed by atoms with Crippen molar-refractivity contribution in [1.29, 1.82) is 0 Å². The molecule has 0 aliphatic rings. The van der Waals surface area contributed by atoms with Gasteiger partial charge in [-0.05, 0) is 30.4 Å². The molecule has 6 nitrogen and oxygen atoms in total. The normalized spacial score (nSPS) is 10.3.